The predicted octanol–water partition coefficient (Wildman–Crippen LogP) is 4.91. The molecule has 0 fully saturated rings. The number of ketones is 2. The molecule has 29 heavy (non-hydrogen) atoms. The number of halogens is 2. The Bertz CT molecular complexity index is 1210. The largest absolute Gasteiger partial charge is 0.397 e. The summed E-state index contributed by atoms with van der Waals surface area (Å²) in [7, 11) is 0. The minimum atomic E-state index is -0.518. The average molecular weight is 425 g/mol. The fourth-order valence-corrected chi connectivity index (χ4v) is 4.00. The van der Waals surface area contributed by atoms with Crippen molar-refractivity contribution in [3.05, 3.63) is 92.0 Å². The summed E-state index contributed by atoms with van der Waals surface area (Å²) in [6.07, 6.45) is 0. The third-order valence-electron chi connectivity index (χ3n) is 4.88. The van der Waals surface area contributed by atoms with Crippen LogP contribution >= 0.6 is 23.2 Å². The Morgan fingerprint density at radius 3 is 2.14 bits per heavy atom. The van der Waals surface area contributed by atoms with Crippen LogP contribution in [0.5, 0.6) is 0 Å². The van der Waals surface area contributed by atoms with Crippen molar-refractivity contribution in [2.75, 3.05) is 11.1 Å². The van der Waals surface area contributed by atoms with E-state index in [0.717, 1.165) is 0 Å². The van der Waals surface area contributed by atoms with E-state index < -0.39 is 17.5 Å². The number of carbonyl (C=O) groups excluding carboxylic acids is 3. The molecule has 4 rings (SSSR count). The Hall–Kier alpha value is -3.15. The molecule has 7 heteroatoms. The van der Waals surface area contributed by atoms with Gasteiger partial charge in [0.15, 0.2) is 11.6 Å². The van der Waals surface area contributed by atoms with Crippen LogP contribution in [-0.4, -0.2) is 17.5 Å². The molecular weight excluding hydrogens is 411 g/mol. The molecule has 0 unspecified atom stereocenters. The molecule has 0 saturated heterocycles. The summed E-state index contributed by atoms with van der Waals surface area (Å²) in [5.74, 6) is -1.35. The summed E-state index contributed by atoms with van der Waals surface area (Å²) >= 11 is 12.4. The molecule has 0 spiro atoms. The first-order valence-electron chi connectivity index (χ1n) is 8.68. The quantitative estimate of drug-likeness (QED) is 0.447. The normalized spacial score (nSPS) is 12.4. The second-order valence-electron chi connectivity index (χ2n) is 6.66. The van der Waals surface area contributed by atoms with Crippen molar-refractivity contribution in [2.24, 2.45) is 0 Å². The van der Waals surface area contributed by atoms with Gasteiger partial charge in [0.25, 0.3) is 5.91 Å². The summed E-state index contributed by atoms with van der Waals surface area (Å²) in [5, 5.41) is 3.02. The molecule has 5 nitrogen and oxygen atoms in total. The van der Waals surface area contributed by atoms with E-state index in [1.165, 1.54) is 6.07 Å². The van der Waals surface area contributed by atoms with Crippen LogP contribution in [0.25, 0.3) is 0 Å². The molecule has 1 amide bonds. The molecule has 3 N–H and O–H groups in total. The molecule has 3 aromatic carbocycles. The lowest BCUT2D eigenvalue weighted by atomic mass is 9.82. The van der Waals surface area contributed by atoms with Crippen LogP contribution in [0.1, 0.15) is 47.8 Å². The first-order chi connectivity index (χ1) is 13.8. The van der Waals surface area contributed by atoms with Gasteiger partial charge in [-0.1, -0.05) is 59.6 Å². The number of nitrogens with one attached hydrogen (secondary N) is 1. The Labute approximate surface area is 176 Å². The first-order valence-corrected chi connectivity index (χ1v) is 9.43. The number of hydrogen-bond donors (Lipinski definition) is 2. The van der Waals surface area contributed by atoms with Gasteiger partial charge in [0.1, 0.15) is 0 Å². The predicted molar refractivity (Wildman–Crippen MR) is 113 cm³/mol. The van der Waals surface area contributed by atoms with Gasteiger partial charge in [-0.3, -0.25) is 14.4 Å². The van der Waals surface area contributed by atoms with Gasteiger partial charge < -0.3 is 11.1 Å². The Balaban J connectivity index is 1.89. The zero-order chi connectivity index (χ0) is 20.9. The van der Waals surface area contributed by atoms with Crippen molar-refractivity contribution in [1.29, 1.82) is 0 Å². The molecule has 0 atom stereocenters. The van der Waals surface area contributed by atoms with Crippen molar-refractivity contribution in [2.45, 2.75) is 6.92 Å². The van der Waals surface area contributed by atoms with Crippen molar-refractivity contribution in [3.8, 4) is 0 Å². The lowest BCUT2D eigenvalue weighted by Gasteiger charge is -2.23. The summed E-state index contributed by atoms with van der Waals surface area (Å²) < 4.78 is 0. The summed E-state index contributed by atoms with van der Waals surface area (Å²) in [4.78, 5) is 39.1. The van der Waals surface area contributed by atoms with Gasteiger partial charge in [-0.05, 0) is 24.6 Å². The number of nitrogen functional groups attached to an aromatic ring is 1. The zero-order valence-corrected chi connectivity index (χ0v) is 16.7. The maximum Gasteiger partial charge on any atom is 0.257 e. The van der Waals surface area contributed by atoms with E-state index in [1.807, 2.05) is 0 Å². The van der Waals surface area contributed by atoms with Crippen LogP contribution in [0, 0.1) is 6.92 Å². The van der Waals surface area contributed by atoms with Crippen LogP contribution in [-0.2, 0) is 0 Å². The number of benzene rings is 3. The van der Waals surface area contributed by atoms with Gasteiger partial charge in [0.2, 0.25) is 0 Å². The number of hydrogen-bond acceptors (Lipinski definition) is 4. The van der Waals surface area contributed by atoms with Gasteiger partial charge in [0.05, 0.1) is 38.1 Å². The monoisotopic (exact) mass is 424 g/mol. The molecule has 0 bridgehead atoms. The Kier molecular flexibility index (Phi) is 4.65. The number of rotatable bonds is 2. The zero-order valence-electron chi connectivity index (χ0n) is 15.2. The second-order valence-corrected chi connectivity index (χ2v) is 7.47. The molecule has 0 heterocycles. The highest BCUT2D eigenvalue weighted by Crippen LogP contribution is 2.39. The molecule has 1 aliphatic rings. The highest BCUT2D eigenvalue weighted by Gasteiger charge is 2.35. The van der Waals surface area contributed by atoms with Crippen LogP contribution in [0.3, 0.4) is 0 Å². The van der Waals surface area contributed by atoms with Gasteiger partial charge in [-0.2, -0.15) is 0 Å². The highest BCUT2D eigenvalue weighted by atomic mass is 35.5. The fourth-order valence-electron chi connectivity index (χ4n) is 3.49. The molecule has 3 aromatic rings. The van der Waals surface area contributed by atoms with E-state index in [1.54, 1.807) is 49.4 Å². The lowest BCUT2D eigenvalue weighted by molar-refractivity contribution is 0.0979. The SMILES string of the molecule is Cc1cccc(Cl)c1C(=O)Nc1cc(Cl)c(N)c2c1C(=O)c1ccccc1C2=O. The first kappa shape index (κ1) is 19.2. The lowest BCUT2D eigenvalue weighted by Crippen LogP contribution is -2.25. The van der Waals surface area contributed by atoms with Gasteiger partial charge in [0, 0.05) is 11.1 Å². The van der Waals surface area contributed by atoms with E-state index in [0.29, 0.717) is 5.56 Å². The maximum absolute atomic E-state index is 13.2. The molecule has 0 aliphatic heterocycles. The molecule has 0 saturated carbocycles. The van der Waals surface area contributed by atoms with Gasteiger partial charge in [-0.25, -0.2) is 0 Å². The molecule has 0 radical (unpaired) electrons. The summed E-state index contributed by atoms with van der Waals surface area (Å²) in [6, 6.07) is 12.9. The van der Waals surface area contributed by atoms with Crippen LogP contribution in [0.4, 0.5) is 11.4 Å². The standard InChI is InChI=1S/C22H14Cl2N2O3/c1-10-5-4-8-13(23)16(10)22(29)26-15-9-14(24)19(25)18-17(15)20(27)11-6-2-3-7-12(11)21(18)28/h2-9H,25H2,1H3,(H,26,29). The van der Waals surface area contributed by atoms with Crippen LogP contribution in [0.15, 0.2) is 48.5 Å². The molecular formula is C22H14Cl2N2O3. The number of fused-ring (bicyclic) bond motifs is 2. The third kappa shape index (κ3) is 2.99. The number of nitrogens with two attached hydrogens (primary N) is 1. The van der Waals surface area contributed by atoms with Crippen molar-refractivity contribution >= 4 is 52.1 Å². The smallest absolute Gasteiger partial charge is 0.257 e. The van der Waals surface area contributed by atoms with Gasteiger partial charge in [-0.15, -0.1) is 0 Å². The molecule has 1 aliphatic carbocycles. The summed E-state index contributed by atoms with van der Waals surface area (Å²) in [6.45, 7) is 1.75. The van der Waals surface area contributed by atoms with Crippen LogP contribution < -0.4 is 11.1 Å². The number of aryl methyl sites for hydroxylation is 1. The molecule has 144 valence electrons. The summed E-state index contributed by atoms with van der Waals surface area (Å²) in [5.41, 5.74) is 7.59. The van der Waals surface area contributed by atoms with Gasteiger partial charge >= 0.3 is 0 Å². The van der Waals surface area contributed by atoms with E-state index in [2.05, 4.69) is 5.32 Å². The molecule has 0 aromatic heterocycles. The van der Waals surface area contributed by atoms with Crippen molar-refractivity contribution < 1.29 is 14.4 Å². The topological polar surface area (TPSA) is 89.3 Å². The second kappa shape index (κ2) is 7.03. The number of carbonyl (C=O) groups is 3. The minimum absolute atomic E-state index is 0.00134. The van der Waals surface area contributed by atoms with E-state index in [9.17, 15) is 14.4 Å². The van der Waals surface area contributed by atoms with Crippen molar-refractivity contribution in [1.82, 2.24) is 0 Å². The van der Waals surface area contributed by atoms with E-state index in [-0.39, 0.29) is 49.2 Å². The van der Waals surface area contributed by atoms with E-state index >= 15 is 0 Å². The number of amides is 1. The van der Waals surface area contributed by atoms with E-state index in [4.69, 9.17) is 28.9 Å². The number of anilines is 2. The minimum Gasteiger partial charge on any atom is -0.397 e. The fraction of sp³-hybridized carbons (Fsp3) is 0.0455. The van der Waals surface area contributed by atoms with Crippen LogP contribution in [0.2, 0.25) is 10.0 Å². The Morgan fingerprint density at radius 1 is 0.897 bits per heavy atom. The third-order valence-corrected chi connectivity index (χ3v) is 5.51. The average Bonchev–Trinajstić information content (AvgIpc) is 2.68. The highest BCUT2D eigenvalue weighted by molar-refractivity contribution is 6.39. The maximum atomic E-state index is 13.2. The Morgan fingerprint density at radius 2 is 1.52 bits per heavy atom. The van der Waals surface area contributed by atoms with Crippen molar-refractivity contribution in [3.63, 3.8) is 0 Å².